The van der Waals surface area contributed by atoms with Gasteiger partial charge in [-0.05, 0) is 24.3 Å². The third kappa shape index (κ3) is 3.76. The van der Waals surface area contributed by atoms with E-state index in [-0.39, 0.29) is 30.4 Å². The molecule has 3 aliphatic heterocycles. The van der Waals surface area contributed by atoms with E-state index in [4.69, 9.17) is 19.2 Å². The van der Waals surface area contributed by atoms with Crippen LogP contribution in [0.5, 0.6) is 17.2 Å². The van der Waals surface area contributed by atoms with E-state index in [9.17, 15) is 8.42 Å². The van der Waals surface area contributed by atoms with Crippen molar-refractivity contribution in [1.29, 1.82) is 0 Å². The van der Waals surface area contributed by atoms with E-state index >= 15 is 0 Å². The maximum Gasteiger partial charge on any atom is 0.231 e. The van der Waals surface area contributed by atoms with Crippen LogP contribution in [-0.4, -0.2) is 56.3 Å². The van der Waals surface area contributed by atoms with Crippen molar-refractivity contribution >= 4 is 32.5 Å². The fourth-order valence-electron chi connectivity index (χ4n) is 3.78. The van der Waals surface area contributed by atoms with Crippen LogP contribution < -0.4 is 19.1 Å². The van der Waals surface area contributed by atoms with Crippen molar-refractivity contribution in [3.8, 4) is 17.2 Å². The van der Waals surface area contributed by atoms with Crippen LogP contribution in [0.2, 0.25) is 0 Å². The summed E-state index contributed by atoms with van der Waals surface area (Å²) >= 11 is 1.58. The standard InChI is InChI=1S/C20H20N2O5S2/c23-29(24)11-16-17(12-29)22(14-6-7-18-19(10-14)27-13-26-18)20(21-16)28-9-8-25-15-4-2-1-3-5-15/h1-7,10,16-17H,8-9,11-13H2/t16-,17+/m1/s1. The number of thioether (sulfide) groups is 1. The molecular formula is C20H20N2O5S2. The number of sulfone groups is 1. The number of ether oxygens (including phenoxy) is 3. The van der Waals surface area contributed by atoms with Crippen molar-refractivity contribution in [2.45, 2.75) is 12.1 Å². The molecule has 2 aromatic rings. The number of amidine groups is 1. The molecule has 0 aliphatic carbocycles. The monoisotopic (exact) mass is 432 g/mol. The van der Waals surface area contributed by atoms with Crippen molar-refractivity contribution < 1.29 is 22.6 Å². The normalized spacial score (nSPS) is 23.7. The summed E-state index contributed by atoms with van der Waals surface area (Å²) in [6, 6.07) is 14.9. The SMILES string of the molecule is O=S1(=O)C[C@H]2N=C(SCCOc3ccccc3)N(c3ccc4c(c3)OCO4)[C@H]2C1. The Morgan fingerprint density at radius 1 is 1.10 bits per heavy atom. The van der Waals surface area contributed by atoms with Crippen LogP contribution >= 0.6 is 11.8 Å². The Labute approximate surface area is 173 Å². The second kappa shape index (κ2) is 7.46. The molecule has 0 N–H and O–H groups in total. The first-order chi connectivity index (χ1) is 14.1. The Kier molecular flexibility index (Phi) is 4.79. The van der Waals surface area contributed by atoms with Gasteiger partial charge in [-0.2, -0.15) is 0 Å². The zero-order chi connectivity index (χ0) is 19.8. The molecule has 0 aromatic heterocycles. The first-order valence-corrected chi connectivity index (χ1v) is 12.2. The number of para-hydroxylation sites is 1. The third-order valence-corrected chi connectivity index (χ3v) is 7.70. The molecule has 0 spiro atoms. The lowest BCUT2D eigenvalue weighted by molar-refractivity contribution is 0.174. The van der Waals surface area contributed by atoms with E-state index in [1.165, 1.54) is 0 Å². The average molecular weight is 433 g/mol. The van der Waals surface area contributed by atoms with Crippen LogP contribution in [0.3, 0.4) is 0 Å². The fourth-order valence-corrected chi connectivity index (χ4v) is 6.56. The molecule has 0 saturated carbocycles. The lowest BCUT2D eigenvalue weighted by atomic mass is 10.1. The molecule has 3 heterocycles. The number of rotatable bonds is 5. The highest BCUT2D eigenvalue weighted by atomic mass is 32.2. The average Bonchev–Trinajstić information content (AvgIpc) is 3.37. The number of benzene rings is 2. The van der Waals surface area contributed by atoms with Gasteiger partial charge in [-0.25, -0.2) is 8.42 Å². The van der Waals surface area contributed by atoms with Crippen LogP contribution in [-0.2, 0) is 9.84 Å². The predicted octanol–water partition coefficient (Wildman–Crippen LogP) is 2.57. The van der Waals surface area contributed by atoms with Gasteiger partial charge in [0.05, 0.1) is 30.2 Å². The van der Waals surface area contributed by atoms with Gasteiger partial charge < -0.3 is 19.1 Å². The summed E-state index contributed by atoms with van der Waals surface area (Å²) < 4.78 is 41.0. The summed E-state index contributed by atoms with van der Waals surface area (Å²) in [6.07, 6.45) is 0. The molecule has 29 heavy (non-hydrogen) atoms. The van der Waals surface area contributed by atoms with Crippen LogP contribution in [0.15, 0.2) is 53.5 Å². The molecule has 1 fully saturated rings. The number of aliphatic imine (C=N–C) groups is 1. The highest BCUT2D eigenvalue weighted by Gasteiger charge is 2.47. The largest absolute Gasteiger partial charge is 0.493 e. The van der Waals surface area contributed by atoms with Crippen molar-refractivity contribution in [2.75, 3.05) is 35.6 Å². The second-order valence-corrected chi connectivity index (χ2v) is 10.3. The quantitative estimate of drug-likeness (QED) is 0.672. The Balaban J connectivity index is 1.33. The van der Waals surface area contributed by atoms with E-state index in [0.717, 1.165) is 16.6 Å². The maximum absolute atomic E-state index is 12.2. The Hall–Kier alpha value is -2.39. The van der Waals surface area contributed by atoms with Gasteiger partial charge in [-0.1, -0.05) is 30.0 Å². The summed E-state index contributed by atoms with van der Waals surface area (Å²) in [6.45, 7) is 0.738. The fraction of sp³-hybridized carbons (Fsp3) is 0.350. The van der Waals surface area contributed by atoms with Gasteiger partial charge in [0.2, 0.25) is 6.79 Å². The van der Waals surface area contributed by atoms with Crippen molar-refractivity contribution in [3.05, 3.63) is 48.5 Å². The molecule has 3 aliphatic rings. The summed E-state index contributed by atoms with van der Waals surface area (Å²) in [5.74, 6) is 3.12. The number of nitrogens with zero attached hydrogens (tertiary/aromatic N) is 2. The minimum atomic E-state index is -3.08. The molecule has 0 amide bonds. The first kappa shape index (κ1) is 18.6. The van der Waals surface area contributed by atoms with Gasteiger partial charge in [-0.3, -0.25) is 4.99 Å². The second-order valence-electron chi connectivity index (χ2n) is 7.04. The number of hydrogen-bond donors (Lipinski definition) is 0. The van der Waals surface area contributed by atoms with Crippen LogP contribution in [0, 0.1) is 0 Å². The lowest BCUT2D eigenvalue weighted by Gasteiger charge is -2.26. The highest BCUT2D eigenvalue weighted by Crippen LogP contribution is 2.40. The van der Waals surface area contributed by atoms with Crippen molar-refractivity contribution in [3.63, 3.8) is 0 Å². The van der Waals surface area contributed by atoms with Gasteiger partial charge in [0.25, 0.3) is 0 Å². The number of anilines is 1. The zero-order valence-electron chi connectivity index (χ0n) is 15.6. The number of hydrogen-bond acceptors (Lipinski definition) is 8. The summed E-state index contributed by atoms with van der Waals surface area (Å²) in [5.41, 5.74) is 0.870. The van der Waals surface area contributed by atoms with Crippen molar-refractivity contribution in [2.24, 2.45) is 4.99 Å². The van der Waals surface area contributed by atoms with Crippen LogP contribution in [0.1, 0.15) is 0 Å². The number of fused-ring (bicyclic) bond motifs is 2. The molecular weight excluding hydrogens is 412 g/mol. The molecule has 2 atom stereocenters. The molecule has 0 radical (unpaired) electrons. The molecule has 5 rings (SSSR count). The third-order valence-electron chi connectivity index (χ3n) is 5.07. The van der Waals surface area contributed by atoms with Gasteiger partial charge in [0.15, 0.2) is 26.5 Å². The topological polar surface area (TPSA) is 77.4 Å². The minimum Gasteiger partial charge on any atom is -0.493 e. The first-order valence-electron chi connectivity index (χ1n) is 9.37. The van der Waals surface area contributed by atoms with E-state index in [2.05, 4.69) is 0 Å². The maximum atomic E-state index is 12.2. The molecule has 0 unspecified atom stereocenters. The molecule has 1 saturated heterocycles. The smallest absolute Gasteiger partial charge is 0.231 e. The van der Waals surface area contributed by atoms with Gasteiger partial charge in [0.1, 0.15) is 5.75 Å². The van der Waals surface area contributed by atoms with Gasteiger partial charge in [-0.15, -0.1) is 0 Å². The van der Waals surface area contributed by atoms with E-state index in [1.54, 1.807) is 11.8 Å². The van der Waals surface area contributed by atoms with Gasteiger partial charge >= 0.3 is 0 Å². The predicted molar refractivity (Wildman–Crippen MR) is 113 cm³/mol. The Morgan fingerprint density at radius 2 is 1.93 bits per heavy atom. The Bertz CT molecular complexity index is 1040. The summed E-state index contributed by atoms with van der Waals surface area (Å²) in [5, 5.41) is 0.824. The molecule has 152 valence electrons. The van der Waals surface area contributed by atoms with Crippen molar-refractivity contribution in [1.82, 2.24) is 0 Å². The Morgan fingerprint density at radius 3 is 2.79 bits per heavy atom. The molecule has 7 nitrogen and oxygen atoms in total. The summed E-state index contributed by atoms with van der Waals surface area (Å²) in [4.78, 5) is 6.77. The lowest BCUT2D eigenvalue weighted by Crippen LogP contribution is -2.39. The summed E-state index contributed by atoms with van der Waals surface area (Å²) in [7, 11) is -3.08. The molecule has 0 bridgehead atoms. The van der Waals surface area contributed by atoms with Crippen LogP contribution in [0.4, 0.5) is 5.69 Å². The minimum absolute atomic E-state index is 0.100. The highest BCUT2D eigenvalue weighted by molar-refractivity contribution is 8.14. The molecule has 9 heteroatoms. The van der Waals surface area contributed by atoms with Crippen LogP contribution in [0.25, 0.3) is 0 Å². The van der Waals surface area contributed by atoms with Gasteiger partial charge in [0, 0.05) is 17.5 Å². The van der Waals surface area contributed by atoms with E-state index in [0.29, 0.717) is 23.9 Å². The molecule has 2 aromatic carbocycles. The van der Waals surface area contributed by atoms with E-state index in [1.807, 2.05) is 53.4 Å². The van der Waals surface area contributed by atoms with E-state index < -0.39 is 9.84 Å². The zero-order valence-corrected chi connectivity index (χ0v) is 17.2.